The Bertz CT molecular complexity index is 1330. The van der Waals surface area contributed by atoms with Crippen LogP contribution in [0.5, 0.6) is 0 Å². The highest BCUT2D eigenvalue weighted by atomic mass is 79.9. The molecule has 0 fully saturated rings. The molecule has 0 saturated heterocycles. The molecule has 2 N–H and O–H groups in total. The second kappa shape index (κ2) is 4.62. The number of amides is 2. The van der Waals surface area contributed by atoms with Gasteiger partial charge in [-0.3, -0.25) is 14.9 Å². The summed E-state index contributed by atoms with van der Waals surface area (Å²) in [6, 6.07) is 14.0. The molecule has 0 spiro atoms. The smallest absolute Gasteiger partial charge is 0.259 e. The highest BCUT2D eigenvalue weighted by Gasteiger charge is 2.38. The Labute approximate surface area is 156 Å². The Morgan fingerprint density at radius 2 is 1.73 bits per heavy atom. The Kier molecular flexibility index (Phi) is 2.54. The fraction of sp³-hybridized carbons (Fsp3) is 0.0476. The molecule has 4 aromatic rings. The minimum atomic E-state index is -0.312. The summed E-state index contributed by atoms with van der Waals surface area (Å²) in [7, 11) is 0. The van der Waals surface area contributed by atoms with E-state index in [9.17, 15) is 9.59 Å². The molecule has 1 aliphatic carbocycles. The number of carbonyl (C=O) groups excluding carboxylic acids is 2. The van der Waals surface area contributed by atoms with Gasteiger partial charge in [0, 0.05) is 32.7 Å². The van der Waals surface area contributed by atoms with Crippen molar-refractivity contribution < 1.29 is 9.59 Å². The first-order valence-electron chi connectivity index (χ1n) is 8.37. The van der Waals surface area contributed by atoms with Gasteiger partial charge in [-0.25, -0.2) is 0 Å². The second-order valence-corrected chi connectivity index (χ2v) is 7.70. The minimum absolute atomic E-state index is 0.302. The molecule has 3 aromatic carbocycles. The number of para-hydroxylation sites is 1. The largest absolute Gasteiger partial charge is 0.354 e. The van der Waals surface area contributed by atoms with Gasteiger partial charge in [0.25, 0.3) is 11.8 Å². The number of carbonyl (C=O) groups is 2. The van der Waals surface area contributed by atoms with E-state index in [0.717, 1.165) is 55.0 Å². The van der Waals surface area contributed by atoms with Crippen LogP contribution in [-0.2, 0) is 6.42 Å². The summed E-state index contributed by atoms with van der Waals surface area (Å²) in [5.74, 6) is -0.614. The average molecular weight is 403 g/mol. The number of hydrogen-bond acceptors (Lipinski definition) is 2. The van der Waals surface area contributed by atoms with E-state index in [1.165, 1.54) is 0 Å². The second-order valence-electron chi connectivity index (χ2n) is 6.79. The third-order valence-electron chi connectivity index (χ3n) is 5.44. The topological polar surface area (TPSA) is 62.0 Å². The normalized spacial score (nSPS) is 14.7. The maximum Gasteiger partial charge on any atom is 0.259 e. The first kappa shape index (κ1) is 14.3. The van der Waals surface area contributed by atoms with Crippen LogP contribution in [0, 0.1) is 0 Å². The number of rotatable bonds is 0. The van der Waals surface area contributed by atoms with Crippen LogP contribution in [0.1, 0.15) is 31.8 Å². The Morgan fingerprint density at radius 1 is 0.923 bits per heavy atom. The van der Waals surface area contributed by atoms with Crippen LogP contribution >= 0.6 is 15.9 Å². The molecule has 0 atom stereocenters. The average Bonchev–Trinajstić information content (AvgIpc) is 3.25. The quantitative estimate of drug-likeness (QED) is 0.373. The van der Waals surface area contributed by atoms with Crippen molar-refractivity contribution in [1.82, 2.24) is 10.3 Å². The molecule has 2 amide bonds. The molecule has 2 aliphatic rings. The van der Waals surface area contributed by atoms with E-state index >= 15 is 0 Å². The van der Waals surface area contributed by atoms with E-state index in [1.54, 1.807) is 0 Å². The van der Waals surface area contributed by atoms with Gasteiger partial charge in [0.1, 0.15) is 0 Å². The first-order valence-corrected chi connectivity index (χ1v) is 9.16. The zero-order chi connectivity index (χ0) is 17.6. The number of imide groups is 1. The number of fused-ring (bicyclic) bond motifs is 10. The van der Waals surface area contributed by atoms with Crippen molar-refractivity contribution in [3.63, 3.8) is 0 Å². The number of aromatic amines is 1. The van der Waals surface area contributed by atoms with Crippen LogP contribution in [0.3, 0.4) is 0 Å². The maximum absolute atomic E-state index is 12.7. The standard InChI is InChI=1S/C21H11BrN2O2/c22-10-5-6-11-9(7-10)8-13-15(11)17-18(21(26)24-20(17)25)16-12-3-1-2-4-14(12)23-19(13)16/h1-7,23H,8H2,(H,24,25,26). The molecule has 1 aromatic heterocycles. The SMILES string of the molecule is O=C1NC(=O)c2c1c1c(c3[nH]c4ccccc4c23)Cc2cc(Br)ccc2-1. The molecule has 0 saturated carbocycles. The van der Waals surface area contributed by atoms with Crippen molar-refractivity contribution in [2.24, 2.45) is 0 Å². The van der Waals surface area contributed by atoms with Gasteiger partial charge in [-0.1, -0.05) is 40.2 Å². The van der Waals surface area contributed by atoms with Gasteiger partial charge in [0.05, 0.1) is 16.6 Å². The lowest BCUT2D eigenvalue weighted by Gasteiger charge is -2.08. The summed E-state index contributed by atoms with van der Waals surface area (Å²) in [6.07, 6.45) is 0.738. The zero-order valence-corrected chi connectivity index (χ0v) is 15.0. The van der Waals surface area contributed by atoms with Crippen molar-refractivity contribution >= 4 is 49.6 Å². The summed E-state index contributed by atoms with van der Waals surface area (Å²) in [6.45, 7) is 0. The van der Waals surface area contributed by atoms with E-state index < -0.39 is 0 Å². The Morgan fingerprint density at radius 3 is 2.62 bits per heavy atom. The fourth-order valence-electron chi connectivity index (χ4n) is 4.45. The molecular formula is C21H11BrN2O2. The molecule has 0 bridgehead atoms. The van der Waals surface area contributed by atoms with Crippen molar-refractivity contribution in [3.8, 4) is 11.1 Å². The van der Waals surface area contributed by atoms with Crippen LogP contribution < -0.4 is 5.32 Å². The van der Waals surface area contributed by atoms with Gasteiger partial charge in [-0.15, -0.1) is 0 Å². The van der Waals surface area contributed by atoms with E-state index in [0.29, 0.717) is 11.1 Å². The van der Waals surface area contributed by atoms with Crippen molar-refractivity contribution in [2.75, 3.05) is 0 Å². The Balaban J connectivity index is 1.88. The molecule has 5 heteroatoms. The molecule has 4 nitrogen and oxygen atoms in total. The van der Waals surface area contributed by atoms with Gasteiger partial charge in [0.15, 0.2) is 0 Å². The molecule has 6 rings (SSSR count). The first-order chi connectivity index (χ1) is 12.6. The molecule has 0 unspecified atom stereocenters. The minimum Gasteiger partial charge on any atom is -0.354 e. The van der Waals surface area contributed by atoms with Crippen molar-refractivity contribution in [2.45, 2.75) is 6.42 Å². The van der Waals surface area contributed by atoms with Crippen molar-refractivity contribution in [3.05, 3.63) is 69.2 Å². The number of hydrogen-bond donors (Lipinski definition) is 2. The van der Waals surface area contributed by atoms with Gasteiger partial charge in [0.2, 0.25) is 0 Å². The van der Waals surface area contributed by atoms with E-state index in [2.05, 4.69) is 32.3 Å². The van der Waals surface area contributed by atoms with Gasteiger partial charge < -0.3 is 4.98 Å². The molecule has 124 valence electrons. The van der Waals surface area contributed by atoms with E-state index in [-0.39, 0.29) is 11.8 Å². The molecule has 2 heterocycles. The van der Waals surface area contributed by atoms with Crippen LogP contribution in [0.25, 0.3) is 32.9 Å². The highest BCUT2D eigenvalue weighted by Crippen LogP contribution is 2.47. The summed E-state index contributed by atoms with van der Waals surface area (Å²) < 4.78 is 1.01. The van der Waals surface area contributed by atoms with E-state index in [4.69, 9.17) is 0 Å². The number of halogens is 1. The highest BCUT2D eigenvalue weighted by molar-refractivity contribution is 9.10. The zero-order valence-electron chi connectivity index (χ0n) is 13.4. The number of aromatic nitrogens is 1. The lowest BCUT2D eigenvalue weighted by atomic mass is 9.92. The summed E-state index contributed by atoms with van der Waals surface area (Å²) in [4.78, 5) is 28.8. The molecular weight excluding hydrogens is 392 g/mol. The number of H-pyrrole nitrogens is 1. The molecule has 26 heavy (non-hydrogen) atoms. The number of nitrogens with one attached hydrogen (secondary N) is 2. The lowest BCUT2D eigenvalue weighted by Crippen LogP contribution is -2.20. The van der Waals surface area contributed by atoms with Crippen LogP contribution in [0.4, 0.5) is 0 Å². The third kappa shape index (κ3) is 1.59. The van der Waals surface area contributed by atoms with Crippen LogP contribution in [-0.4, -0.2) is 16.8 Å². The van der Waals surface area contributed by atoms with Crippen LogP contribution in [0.15, 0.2) is 46.9 Å². The summed E-state index contributed by atoms with van der Waals surface area (Å²) in [5, 5.41) is 4.33. The number of benzene rings is 3. The third-order valence-corrected chi connectivity index (χ3v) is 5.94. The maximum atomic E-state index is 12.7. The molecule has 0 radical (unpaired) electrons. The van der Waals surface area contributed by atoms with Crippen molar-refractivity contribution in [1.29, 1.82) is 0 Å². The molecule has 1 aliphatic heterocycles. The predicted octanol–water partition coefficient (Wildman–Crippen LogP) is 4.54. The fourth-order valence-corrected chi connectivity index (χ4v) is 4.86. The van der Waals surface area contributed by atoms with E-state index in [1.807, 2.05) is 36.4 Å². The predicted molar refractivity (Wildman–Crippen MR) is 104 cm³/mol. The Hall–Kier alpha value is -2.92. The van der Waals surface area contributed by atoms with Gasteiger partial charge in [-0.05, 0) is 34.9 Å². The monoisotopic (exact) mass is 402 g/mol. The van der Waals surface area contributed by atoms with Gasteiger partial charge in [-0.2, -0.15) is 0 Å². The van der Waals surface area contributed by atoms with Crippen LogP contribution in [0.2, 0.25) is 0 Å². The summed E-state index contributed by atoms with van der Waals surface area (Å²) >= 11 is 3.53. The lowest BCUT2D eigenvalue weighted by molar-refractivity contribution is 0.0880. The summed E-state index contributed by atoms with van der Waals surface area (Å²) in [5.41, 5.74) is 7.12. The van der Waals surface area contributed by atoms with Gasteiger partial charge >= 0.3 is 0 Å².